The minimum atomic E-state index is -0.935. The molecule has 0 amide bonds. The van der Waals surface area contributed by atoms with Crippen molar-refractivity contribution in [3.05, 3.63) is 47.7 Å². The molecule has 12 nitrogen and oxygen atoms in total. The standard InChI is InChI=1S/C39H72N4O8/c1-21-42(19,51-38(9,10)40(13,14)15)36(5,6)37(7,8)49-43(20,39(11,12)50-41(16,17)18)30(4)29-48-32-26-24-31(25-27-32)28-33(34(44)46-22-2)35(45)47-23-3/h24-28H,4,21-23,29H2,1-3,5-20H3/q+4. The van der Waals surface area contributed by atoms with Gasteiger partial charge in [-0.25, -0.2) is 9.59 Å². The summed E-state index contributed by atoms with van der Waals surface area (Å²) in [7, 11) is 16.3. The molecule has 2 atom stereocenters. The largest absolute Gasteiger partial charge is 0.483 e. The Bertz CT molecular complexity index is 1370. The second-order valence-corrected chi connectivity index (χ2v) is 16.9. The molecular formula is C39H72N4O8+4. The number of benzene rings is 1. The molecule has 0 fully saturated rings. The first kappa shape index (κ1) is 46.2. The van der Waals surface area contributed by atoms with Crippen molar-refractivity contribution in [2.45, 2.75) is 98.8 Å². The lowest BCUT2D eigenvalue weighted by atomic mass is 9.83. The summed E-state index contributed by atoms with van der Waals surface area (Å²) in [6, 6.07) is 7.02. The molecule has 0 saturated carbocycles. The van der Waals surface area contributed by atoms with E-state index in [-0.39, 0.29) is 39.3 Å². The maximum atomic E-state index is 12.4. The molecule has 0 aliphatic rings. The lowest BCUT2D eigenvalue weighted by molar-refractivity contribution is -1.21. The molecule has 51 heavy (non-hydrogen) atoms. The number of carbonyl (C=O) groups is 2. The van der Waals surface area contributed by atoms with Crippen LogP contribution in [-0.4, -0.2) is 136 Å². The van der Waals surface area contributed by atoms with Gasteiger partial charge in [0.05, 0.1) is 62.5 Å². The maximum Gasteiger partial charge on any atom is 0.345 e. The zero-order valence-electron chi connectivity index (χ0n) is 35.5. The molecule has 292 valence electrons. The van der Waals surface area contributed by atoms with E-state index in [0.29, 0.717) is 28.0 Å². The summed E-state index contributed by atoms with van der Waals surface area (Å²) in [6.07, 6.45) is 1.45. The van der Waals surface area contributed by atoms with Crippen molar-refractivity contribution < 1.29 is 56.7 Å². The lowest BCUT2D eigenvalue weighted by Gasteiger charge is -2.56. The predicted molar refractivity (Wildman–Crippen MR) is 201 cm³/mol. The van der Waals surface area contributed by atoms with E-state index in [0.717, 1.165) is 0 Å². The van der Waals surface area contributed by atoms with Gasteiger partial charge in [0.1, 0.15) is 24.9 Å². The van der Waals surface area contributed by atoms with Crippen LogP contribution in [0.5, 0.6) is 5.75 Å². The molecule has 0 N–H and O–H groups in total. The van der Waals surface area contributed by atoms with E-state index in [9.17, 15) is 9.59 Å². The highest BCUT2D eigenvalue weighted by Gasteiger charge is 2.63. The van der Waals surface area contributed by atoms with Crippen LogP contribution in [0.1, 0.15) is 81.7 Å². The van der Waals surface area contributed by atoms with Gasteiger partial charge in [-0.2, -0.15) is 14.1 Å². The third-order valence-corrected chi connectivity index (χ3v) is 10.4. The Morgan fingerprint density at radius 2 is 1.18 bits per heavy atom. The van der Waals surface area contributed by atoms with E-state index in [1.807, 2.05) is 42.0 Å². The fourth-order valence-corrected chi connectivity index (χ4v) is 5.37. The molecule has 1 aromatic carbocycles. The van der Waals surface area contributed by atoms with Crippen LogP contribution in [0, 0.1) is 0 Å². The average molecular weight is 725 g/mol. The number of carbonyl (C=O) groups excluding carboxylic acids is 2. The highest BCUT2D eigenvalue weighted by molar-refractivity contribution is 6.17. The van der Waals surface area contributed by atoms with Crippen LogP contribution in [-0.2, 0) is 33.6 Å². The normalized spacial score (nSPS) is 15.7. The minimum Gasteiger partial charge on any atom is -0.483 e. The average Bonchev–Trinajstić information content (AvgIpc) is 2.96. The summed E-state index contributed by atoms with van der Waals surface area (Å²) in [6.45, 7) is 27.8. The first-order chi connectivity index (χ1) is 22.9. The van der Waals surface area contributed by atoms with Gasteiger partial charge in [-0.3, -0.25) is 4.48 Å². The van der Waals surface area contributed by atoms with Crippen LogP contribution in [0.3, 0.4) is 0 Å². The number of esters is 2. The number of likely N-dealkylation sites (N-methyl/N-ethyl adjacent to an activating group) is 2. The number of hydrogen-bond acceptors (Lipinski definition) is 8. The quantitative estimate of drug-likeness (QED) is 0.0297. The molecule has 0 bridgehead atoms. The van der Waals surface area contributed by atoms with Crippen molar-refractivity contribution in [1.29, 1.82) is 0 Å². The summed E-state index contributed by atoms with van der Waals surface area (Å²) in [5.74, 6) is -0.919. The third-order valence-electron chi connectivity index (χ3n) is 10.4. The van der Waals surface area contributed by atoms with Gasteiger partial charge >= 0.3 is 11.9 Å². The minimum absolute atomic E-state index is 0.105. The molecule has 12 heteroatoms. The second kappa shape index (κ2) is 16.4. The smallest absolute Gasteiger partial charge is 0.345 e. The Kier molecular flexibility index (Phi) is 14.9. The van der Waals surface area contributed by atoms with Gasteiger partial charge in [0, 0.05) is 27.7 Å². The van der Waals surface area contributed by atoms with Gasteiger partial charge in [0.25, 0.3) is 5.72 Å². The molecule has 0 heterocycles. The Hall–Kier alpha value is -2.84. The number of rotatable bonds is 20. The molecule has 2 unspecified atom stereocenters. The molecule has 0 radical (unpaired) electrons. The van der Waals surface area contributed by atoms with Crippen LogP contribution >= 0.6 is 0 Å². The zero-order valence-corrected chi connectivity index (χ0v) is 35.5. The fraction of sp³-hybridized carbons (Fsp3) is 0.692. The Labute approximate surface area is 309 Å². The van der Waals surface area contributed by atoms with E-state index in [1.165, 1.54) is 6.08 Å². The van der Waals surface area contributed by atoms with Crippen LogP contribution < -0.4 is 4.74 Å². The Morgan fingerprint density at radius 3 is 1.57 bits per heavy atom. The first-order valence-corrected chi connectivity index (χ1v) is 17.8. The predicted octanol–water partition coefficient (Wildman–Crippen LogP) is 6.24. The van der Waals surface area contributed by atoms with E-state index in [4.69, 9.17) is 28.7 Å². The molecule has 0 spiro atoms. The number of hydrogen-bond donors (Lipinski definition) is 0. The van der Waals surface area contributed by atoms with Crippen molar-refractivity contribution in [1.82, 2.24) is 0 Å². The van der Waals surface area contributed by atoms with Crippen molar-refractivity contribution in [3.63, 3.8) is 0 Å². The first-order valence-electron chi connectivity index (χ1n) is 17.8. The highest BCUT2D eigenvalue weighted by Crippen LogP contribution is 2.44. The highest BCUT2D eigenvalue weighted by atomic mass is 16.8. The number of nitrogens with zero attached hydrogens (tertiary/aromatic N) is 4. The molecule has 1 aromatic rings. The summed E-state index contributed by atoms with van der Waals surface area (Å²) >= 11 is 0. The van der Waals surface area contributed by atoms with Crippen molar-refractivity contribution in [2.75, 3.05) is 82.7 Å². The van der Waals surface area contributed by atoms with Gasteiger partial charge in [-0.1, -0.05) is 12.1 Å². The monoisotopic (exact) mass is 725 g/mol. The Balaban J connectivity index is 3.55. The van der Waals surface area contributed by atoms with E-state index in [2.05, 4.69) is 83.2 Å². The van der Waals surface area contributed by atoms with E-state index in [1.54, 1.807) is 38.1 Å². The Morgan fingerprint density at radius 1 is 0.706 bits per heavy atom. The van der Waals surface area contributed by atoms with Crippen LogP contribution in [0.25, 0.3) is 6.08 Å². The van der Waals surface area contributed by atoms with Crippen molar-refractivity contribution in [3.8, 4) is 5.75 Å². The molecule has 0 aromatic heterocycles. The van der Waals surface area contributed by atoms with Gasteiger partial charge < -0.3 is 14.2 Å². The molecule has 0 aliphatic carbocycles. The second-order valence-electron chi connectivity index (χ2n) is 16.9. The lowest BCUT2D eigenvalue weighted by Crippen LogP contribution is -2.75. The molecule has 1 rings (SSSR count). The summed E-state index contributed by atoms with van der Waals surface area (Å²) < 4.78 is 17.4. The van der Waals surface area contributed by atoms with E-state index < -0.39 is 34.5 Å². The topological polar surface area (TPSA) is 89.5 Å². The molecule has 0 aliphatic heterocycles. The number of quaternary nitrogens is 4. The summed E-state index contributed by atoms with van der Waals surface area (Å²) in [5.41, 5.74) is -1.80. The summed E-state index contributed by atoms with van der Waals surface area (Å²) in [5, 5.41) is 0. The fourth-order valence-electron chi connectivity index (χ4n) is 5.37. The van der Waals surface area contributed by atoms with Gasteiger partial charge in [-0.15, -0.1) is 14.3 Å². The van der Waals surface area contributed by atoms with Gasteiger partial charge in [0.2, 0.25) is 5.72 Å². The third kappa shape index (κ3) is 11.1. The van der Waals surface area contributed by atoms with Crippen LogP contribution in [0.4, 0.5) is 0 Å². The molecule has 0 saturated heterocycles. The van der Waals surface area contributed by atoms with E-state index >= 15 is 0 Å². The van der Waals surface area contributed by atoms with Crippen LogP contribution in [0.2, 0.25) is 0 Å². The zero-order chi connectivity index (χ0) is 40.1. The maximum absolute atomic E-state index is 12.4. The SMILES string of the molecule is C=C(COc1ccc(C=C(C(=O)OCC)C(=O)OCC)cc1)[N+](C)(OC(C)(C)C(C)(C)[N+](C)(CC)OC(C)(C)[N+](C)(C)C)C(C)(C)O[N+](C)(C)C. The van der Waals surface area contributed by atoms with Crippen LogP contribution in [0.15, 0.2) is 42.1 Å². The number of ether oxygens (including phenoxy) is 3. The van der Waals surface area contributed by atoms with Gasteiger partial charge in [0.15, 0.2) is 23.4 Å². The summed E-state index contributed by atoms with van der Waals surface area (Å²) in [4.78, 5) is 45.8. The number of hydroxylamine groups is 9. The van der Waals surface area contributed by atoms with Crippen molar-refractivity contribution in [2.24, 2.45) is 0 Å². The molecular weight excluding hydrogens is 652 g/mol. The van der Waals surface area contributed by atoms with Crippen molar-refractivity contribution >= 4 is 18.0 Å². The van der Waals surface area contributed by atoms with Gasteiger partial charge in [-0.05, 0) is 78.8 Å².